The first-order chi connectivity index (χ1) is 36.5. The Balaban J connectivity index is 1.25. The number of aromatic nitrogens is 3. The highest BCUT2D eigenvalue weighted by Gasteiger charge is 2.33. The Hall–Kier alpha value is -9.13. The van der Waals surface area contributed by atoms with E-state index in [1.807, 2.05) is 72.8 Å². The fraction of sp³-hybridized carbons (Fsp3) is 0.353. The van der Waals surface area contributed by atoms with Gasteiger partial charge in [-0.3, -0.25) is 43.7 Å². The number of nitrogens with zero attached hydrogens (tertiary/aromatic N) is 3. The standard InChI is InChI=1S/C51H69N19O6/c52-34(22-28-25-63-35-13-4-1-10-31(28)35)44(72)70-42(24-30-27-65-37-15-6-3-12-33(30)37)48(76)68-39(17-8-20-61-50(56)57)46(74)66-38(16-7-19-60-49(54)55)45(73)67-40(18-9-21-62-51(58)59)47(75)69-41(43(53)71)23-29-26-64-36-14-5-2-11-32(29)36/h1-6,10-15,25-27,34,38-42,63-65H,7-9,16-24,52H2,(H2,53,71)(H,66,74)(H,67,73)(H,68,76)(H,69,75)(H,70,72)(H4,54,55,60)(H4,56,57,61)(H4,58,59,62)/t34-,38-,39-,40-,41-,42-/m0/s1. The Morgan fingerprint density at radius 2 is 0.711 bits per heavy atom. The predicted octanol–water partition coefficient (Wildman–Crippen LogP) is -1.44. The number of aliphatic imine (C=N–C) groups is 3. The molecule has 0 fully saturated rings. The number of rotatable bonds is 29. The molecule has 404 valence electrons. The molecule has 6 amide bonds. The van der Waals surface area contributed by atoms with Crippen molar-refractivity contribution in [1.82, 2.24) is 41.5 Å². The van der Waals surface area contributed by atoms with E-state index in [9.17, 15) is 28.8 Å². The monoisotopic (exact) mass is 1040 g/mol. The second kappa shape index (κ2) is 27.2. The summed E-state index contributed by atoms with van der Waals surface area (Å²) in [5.74, 6) is -5.09. The van der Waals surface area contributed by atoms with E-state index >= 15 is 0 Å². The number of hydrogen-bond acceptors (Lipinski definition) is 10. The highest BCUT2D eigenvalue weighted by molar-refractivity contribution is 5.97. The second-order valence-electron chi connectivity index (χ2n) is 18.4. The van der Waals surface area contributed by atoms with Crippen molar-refractivity contribution in [3.63, 3.8) is 0 Å². The van der Waals surface area contributed by atoms with E-state index in [2.05, 4.69) is 56.5 Å². The lowest BCUT2D eigenvalue weighted by molar-refractivity contribution is -0.135. The van der Waals surface area contributed by atoms with Crippen molar-refractivity contribution in [1.29, 1.82) is 0 Å². The van der Waals surface area contributed by atoms with Gasteiger partial charge in [0.05, 0.1) is 6.04 Å². The molecule has 6 atom stereocenters. The lowest BCUT2D eigenvalue weighted by Crippen LogP contribution is -2.59. The van der Waals surface area contributed by atoms with E-state index in [-0.39, 0.29) is 95.3 Å². The molecule has 0 saturated carbocycles. The summed E-state index contributed by atoms with van der Waals surface area (Å²) in [6, 6.07) is 14.9. The van der Waals surface area contributed by atoms with Crippen molar-refractivity contribution < 1.29 is 28.8 Å². The molecule has 0 aliphatic carbocycles. The summed E-state index contributed by atoms with van der Waals surface area (Å²) in [6.07, 6.45) is 5.87. The maximum absolute atomic E-state index is 14.6. The van der Waals surface area contributed by atoms with Crippen LogP contribution in [0.4, 0.5) is 0 Å². The quantitative estimate of drug-likeness (QED) is 0.0146. The lowest BCUT2D eigenvalue weighted by Gasteiger charge is -2.27. The molecule has 6 rings (SSSR count). The van der Waals surface area contributed by atoms with Crippen molar-refractivity contribution in [3.8, 4) is 0 Å². The molecule has 3 aromatic heterocycles. The smallest absolute Gasteiger partial charge is 0.243 e. The maximum Gasteiger partial charge on any atom is 0.243 e. The SMILES string of the molecule is NC(=O)[C@H](Cc1c[nH]c2ccccc12)NC(=O)[C@H](CCCN=C(N)N)NC(=O)[C@H](CCCN=C(N)N)NC(=O)[C@H](CCCN=C(N)N)NC(=O)[C@H](Cc1c[nH]c2ccccc12)NC(=O)[C@@H](N)Cc1c[nH]c2ccccc12. The summed E-state index contributed by atoms with van der Waals surface area (Å²) in [5, 5.41) is 16.4. The number of carbonyl (C=O) groups excluding carboxylic acids is 6. The second-order valence-corrected chi connectivity index (χ2v) is 18.4. The van der Waals surface area contributed by atoms with Gasteiger partial charge in [0.25, 0.3) is 0 Å². The topological polar surface area (TPSA) is 455 Å². The highest BCUT2D eigenvalue weighted by Crippen LogP contribution is 2.22. The van der Waals surface area contributed by atoms with Crippen LogP contribution in [0, 0.1) is 0 Å². The van der Waals surface area contributed by atoms with Crippen LogP contribution < -0.4 is 72.5 Å². The van der Waals surface area contributed by atoms with Crippen LogP contribution in [0.1, 0.15) is 55.2 Å². The van der Waals surface area contributed by atoms with Crippen LogP contribution in [-0.2, 0) is 48.0 Å². The maximum atomic E-state index is 14.6. The molecule has 0 aliphatic heterocycles. The first kappa shape index (κ1) is 56.2. The van der Waals surface area contributed by atoms with Gasteiger partial charge in [0.1, 0.15) is 30.2 Å². The van der Waals surface area contributed by atoms with Gasteiger partial charge < -0.3 is 87.4 Å². The molecule has 25 heteroatoms. The number of para-hydroxylation sites is 3. The average molecular weight is 1040 g/mol. The molecule has 24 N–H and O–H groups in total. The van der Waals surface area contributed by atoms with Gasteiger partial charge in [0.2, 0.25) is 35.4 Å². The molecule has 3 aromatic carbocycles. The number of nitrogens with two attached hydrogens (primary N) is 8. The number of hydrogen-bond donors (Lipinski definition) is 16. The lowest BCUT2D eigenvalue weighted by atomic mass is 10.0. The Morgan fingerprint density at radius 3 is 1.07 bits per heavy atom. The van der Waals surface area contributed by atoms with E-state index in [1.165, 1.54) is 0 Å². The predicted molar refractivity (Wildman–Crippen MR) is 293 cm³/mol. The fourth-order valence-corrected chi connectivity index (χ4v) is 8.79. The van der Waals surface area contributed by atoms with Crippen molar-refractivity contribution in [3.05, 3.63) is 108 Å². The van der Waals surface area contributed by atoms with E-state index in [0.717, 1.165) is 38.3 Å². The number of carbonyl (C=O) groups is 6. The molecule has 25 nitrogen and oxygen atoms in total. The largest absolute Gasteiger partial charge is 0.370 e. The number of amides is 6. The van der Waals surface area contributed by atoms with E-state index in [0.29, 0.717) is 11.1 Å². The minimum Gasteiger partial charge on any atom is -0.370 e. The Kier molecular flexibility index (Phi) is 20.1. The number of fused-ring (bicyclic) bond motifs is 3. The summed E-state index contributed by atoms with van der Waals surface area (Å²) in [7, 11) is 0. The third-order valence-corrected chi connectivity index (χ3v) is 12.7. The van der Waals surface area contributed by atoms with Crippen LogP contribution in [0.3, 0.4) is 0 Å². The Labute approximate surface area is 437 Å². The van der Waals surface area contributed by atoms with Gasteiger partial charge in [-0.25, -0.2) is 0 Å². The van der Waals surface area contributed by atoms with Crippen LogP contribution in [0.15, 0.2) is 106 Å². The van der Waals surface area contributed by atoms with Crippen molar-refractivity contribution >= 4 is 86.0 Å². The molecular weight excluding hydrogens is 975 g/mol. The Bertz CT molecular complexity index is 3060. The fourth-order valence-electron chi connectivity index (χ4n) is 8.79. The third-order valence-electron chi connectivity index (χ3n) is 12.7. The molecule has 76 heavy (non-hydrogen) atoms. The molecule has 3 heterocycles. The Morgan fingerprint density at radius 1 is 0.408 bits per heavy atom. The third kappa shape index (κ3) is 16.2. The molecule has 0 radical (unpaired) electrons. The number of benzene rings is 3. The summed E-state index contributed by atoms with van der Waals surface area (Å²) >= 11 is 0. The number of guanidine groups is 3. The molecule has 0 bridgehead atoms. The van der Waals surface area contributed by atoms with Crippen molar-refractivity contribution in [2.45, 2.75) is 94.0 Å². The summed E-state index contributed by atoms with van der Waals surface area (Å²) in [4.78, 5) is 106. The van der Waals surface area contributed by atoms with Gasteiger partial charge in [-0.15, -0.1) is 0 Å². The summed E-state index contributed by atoms with van der Waals surface area (Å²) in [6.45, 7) is 0.231. The van der Waals surface area contributed by atoms with E-state index in [1.54, 1.807) is 18.6 Å². The zero-order valence-corrected chi connectivity index (χ0v) is 42.0. The molecular formula is C51H69N19O6. The van der Waals surface area contributed by atoms with E-state index in [4.69, 9.17) is 45.9 Å². The molecule has 0 spiro atoms. The van der Waals surface area contributed by atoms with Crippen molar-refractivity contribution in [2.75, 3.05) is 19.6 Å². The molecule has 6 aromatic rings. The van der Waals surface area contributed by atoms with Gasteiger partial charge >= 0.3 is 0 Å². The highest BCUT2D eigenvalue weighted by atomic mass is 16.2. The van der Waals surface area contributed by atoms with Gasteiger partial charge in [0, 0.05) is 83.8 Å². The first-order valence-electron chi connectivity index (χ1n) is 24.8. The van der Waals surface area contributed by atoms with Gasteiger partial charge in [-0.2, -0.15) is 0 Å². The minimum atomic E-state index is -1.35. The molecule has 0 saturated heterocycles. The van der Waals surface area contributed by atoms with Gasteiger partial charge in [0.15, 0.2) is 17.9 Å². The van der Waals surface area contributed by atoms with Crippen LogP contribution in [0.2, 0.25) is 0 Å². The normalized spacial score (nSPS) is 13.5. The van der Waals surface area contributed by atoms with Crippen molar-refractivity contribution in [2.24, 2.45) is 60.8 Å². The van der Waals surface area contributed by atoms with Crippen LogP contribution >= 0.6 is 0 Å². The van der Waals surface area contributed by atoms with Gasteiger partial charge in [-0.05, 0) is 79.8 Å². The summed E-state index contributed by atoms with van der Waals surface area (Å²) < 4.78 is 0. The number of nitrogens with one attached hydrogen (secondary N) is 8. The van der Waals surface area contributed by atoms with E-state index < -0.39 is 71.7 Å². The van der Waals surface area contributed by atoms with Crippen LogP contribution in [-0.4, -0.2) is 124 Å². The number of primary amides is 1. The zero-order valence-electron chi connectivity index (χ0n) is 42.0. The summed E-state index contributed by atoms with van der Waals surface area (Å²) in [5.41, 5.74) is 50.5. The van der Waals surface area contributed by atoms with Crippen LogP contribution in [0.25, 0.3) is 32.7 Å². The molecule has 0 unspecified atom stereocenters. The van der Waals surface area contributed by atoms with Crippen LogP contribution in [0.5, 0.6) is 0 Å². The molecule has 0 aliphatic rings. The number of aromatic amines is 3. The minimum absolute atomic E-state index is 0.00934. The first-order valence-corrected chi connectivity index (χ1v) is 24.8. The average Bonchev–Trinajstić information content (AvgIpc) is 4.13. The zero-order chi connectivity index (χ0) is 54.7. The number of H-pyrrole nitrogens is 3. The van der Waals surface area contributed by atoms with Gasteiger partial charge in [-0.1, -0.05) is 54.6 Å².